The maximum Gasteiger partial charge on any atom is 0.415 e. The molecule has 0 saturated heterocycles. The standard InChI is InChI=1S/C10H16F2O5S/c11-10(12,18-17-16-14)9(13)15-7-3-6-8-4-1-2-5-8/h8,14H,1-7H2/p-1. The number of hydrogen-bond donors (Lipinski definition) is 0. The van der Waals surface area contributed by atoms with Crippen LogP contribution in [0.5, 0.6) is 0 Å². The molecular formula is C10H15F2O5S-. The van der Waals surface area contributed by atoms with E-state index in [0.717, 1.165) is 19.3 Å². The van der Waals surface area contributed by atoms with E-state index >= 15 is 0 Å². The van der Waals surface area contributed by atoms with Crippen molar-refractivity contribution in [3.05, 3.63) is 0 Å². The lowest BCUT2D eigenvalue weighted by Crippen LogP contribution is -2.28. The summed E-state index contributed by atoms with van der Waals surface area (Å²) in [5, 5.41) is 8.19. The fourth-order valence-electron chi connectivity index (χ4n) is 2.01. The van der Waals surface area contributed by atoms with Gasteiger partial charge < -0.3 is 9.99 Å². The third-order valence-corrected chi connectivity index (χ3v) is 3.37. The fraction of sp³-hybridized carbons (Fsp3) is 0.900. The Bertz CT molecular complexity index is 259. The van der Waals surface area contributed by atoms with Crippen molar-refractivity contribution < 1.29 is 32.9 Å². The van der Waals surface area contributed by atoms with Gasteiger partial charge in [-0.25, -0.2) is 4.79 Å². The van der Waals surface area contributed by atoms with Crippen LogP contribution in [0.15, 0.2) is 0 Å². The lowest BCUT2D eigenvalue weighted by molar-refractivity contribution is -0.777. The summed E-state index contributed by atoms with van der Waals surface area (Å²) in [6, 6.07) is 0. The molecule has 0 amide bonds. The summed E-state index contributed by atoms with van der Waals surface area (Å²) in [6.45, 7) is -0.0519. The van der Waals surface area contributed by atoms with Crippen LogP contribution in [0.2, 0.25) is 0 Å². The molecular weight excluding hydrogens is 270 g/mol. The van der Waals surface area contributed by atoms with Crippen molar-refractivity contribution >= 4 is 18.0 Å². The Morgan fingerprint density at radius 3 is 2.67 bits per heavy atom. The largest absolute Gasteiger partial charge is 0.691 e. The minimum Gasteiger partial charge on any atom is -0.691 e. The van der Waals surface area contributed by atoms with Crippen molar-refractivity contribution in [2.45, 2.75) is 43.8 Å². The van der Waals surface area contributed by atoms with E-state index in [1.165, 1.54) is 12.8 Å². The van der Waals surface area contributed by atoms with Gasteiger partial charge in [0.05, 0.1) is 6.61 Å². The molecule has 0 heterocycles. The van der Waals surface area contributed by atoms with Crippen LogP contribution in [0.25, 0.3) is 0 Å². The number of halogens is 2. The summed E-state index contributed by atoms with van der Waals surface area (Å²) in [5.74, 6) is -1.10. The number of hydrogen-bond acceptors (Lipinski definition) is 6. The second-order valence-electron chi connectivity index (χ2n) is 4.16. The van der Waals surface area contributed by atoms with Crippen molar-refractivity contribution in [2.24, 2.45) is 5.92 Å². The van der Waals surface area contributed by atoms with Gasteiger partial charge in [-0.2, -0.15) is 13.1 Å². The molecule has 0 spiro atoms. The topological polar surface area (TPSA) is 67.8 Å². The van der Waals surface area contributed by atoms with Crippen LogP contribution in [0.3, 0.4) is 0 Å². The van der Waals surface area contributed by atoms with Crippen molar-refractivity contribution in [3.8, 4) is 0 Å². The van der Waals surface area contributed by atoms with Gasteiger partial charge in [-0.05, 0) is 18.8 Å². The highest BCUT2D eigenvalue weighted by Gasteiger charge is 2.43. The van der Waals surface area contributed by atoms with Gasteiger partial charge in [0.15, 0.2) is 0 Å². The zero-order chi connectivity index (χ0) is 13.4. The zero-order valence-corrected chi connectivity index (χ0v) is 10.5. The Balaban J connectivity index is 2.11. The molecule has 0 aromatic rings. The summed E-state index contributed by atoms with van der Waals surface area (Å²) in [7, 11) is 0. The van der Waals surface area contributed by atoms with E-state index in [1.807, 2.05) is 0 Å². The summed E-state index contributed by atoms with van der Waals surface area (Å²) >= 11 is -0.672. The highest BCUT2D eigenvalue weighted by Crippen LogP contribution is 2.31. The summed E-state index contributed by atoms with van der Waals surface area (Å²) < 4.78 is 33.6. The predicted octanol–water partition coefficient (Wildman–Crippen LogP) is 1.96. The molecule has 1 rings (SSSR count). The Morgan fingerprint density at radius 2 is 2.06 bits per heavy atom. The molecule has 0 N–H and O–H groups in total. The summed E-state index contributed by atoms with van der Waals surface area (Å²) in [6.07, 6.45) is 6.20. The number of alkyl halides is 2. The van der Waals surface area contributed by atoms with E-state index < -0.39 is 23.3 Å². The Morgan fingerprint density at radius 1 is 1.39 bits per heavy atom. The smallest absolute Gasteiger partial charge is 0.415 e. The predicted molar refractivity (Wildman–Crippen MR) is 56.9 cm³/mol. The van der Waals surface area contributed by atoms with Gasteiger partial charge in [0.1, 0.15) is 12.0 Å². The molecule has 0 aliphatic heterocycles. The van der Waals surface area contributed by atoms with Crippen LogP contribution in [-0.2, 0) is 18.9 Å². The minimum absolute atomic E-state index is 0.0519. The molecule has 106 valence electrons. The van der Waals surface area contributed by atoms with E-state index in [2.05, 4.69) is 14.1 Å². The van der Waals surface area contributed by atoms with Crippen LogP contribution in [0, 0.1) is 5.92 Å². The third-order valence-electron chi connectivity index (χ3n) is 2.87. The SMILES string of the molecule is O=C(OCCCC1CCCC1)C(F)(F)SOO[O-]. The van der Waals surface area contributed by atoms with Gasteiger partial charge in [-0.15, -0.1) is 0 Å². The van der Waals surface area contributed by atoms with Crippen LogP contribution < -0.4 is 5.26 Å². The molecule has 1 saturated carbocycles. The first-order valence-corrected chi connectivity index (χ1v) is 6.50. The number of esters is 1. The first-order valence-electron chi connectivity index (χ1n) is 5.75. The molecule has 8 heteroatoms. The maximum atomic E-state index is 12.9. The molecule has 5 nitrogen and oxygen atoms in total. The van der Waals surface area contributed by atoms with Gasteiger partial charge in [-0.3, -0.25) is 5.04 Å². The molecule has 1 aliphatic rings. The Kier molecular flexibility index (Phi) is 6.83. The Labute approximate surface area is 108 Å². The first kappa shape index (κ1) is 15.6. The zero-order valence-electron chi connectivity index (χ0n) is 9.73. The second-order valence-corrected chi connectivity index (χ2v) is 4.98. The van der Waals surface area contributed by atoms with Crippen molar-refractivity contribution in [1.29, 1.82) is 0 Å². The van der Waals surface area contributed by atoms with E-state index in [0.29, 0.717) is 12.3 Å². The van der Waals surface area contributed by atoms with Gasteiger partial charge >= 0.3 is 11.2 Å². The van der Waals surface area contributed by atoms with Crippen LogP contribution in [0.1, 0.15) is 38.5 Å². The molecule has 0 radical (unpaired) electrons. The quantitative estimate of drug-likeness (QED) is 0.223. The maximum absolute atomic E-state index is 12.9. The van der Waals surface area contributed by atoms with Gasteiger partial charge in [0.25, 0.3) is 0 Å². The number of carbonyl (C=O) groups is 1. The second kappa shape index (κ2) is 7.88. The van der Waals surface area contributed by atoms with Crippen LogP contribution >= 0.6 is 12.0 Å². The number of rotatable bonds is 8. The van der Waals surface area contributed by atoms with Crippen molar-refractivity contribution in [1.82, 2.24) is 0 Å². The molecule has 1 aliphatic carbocycles. The van der Waals surface area contributed by atoms with E-state index in [1.54, 1.807) is 0 Å². The third kappa shape index (κ3) is 5.47. The number of ether oxygens (including phenoxy) is 1. The summed E-state index contributed by atoms with van der Waals surface area (Å²) in [5.41, 5.74) is 0. The van der Waals surface area contributed by atoms with E-state index in [-0.39, 0.29) is 6.61 Å². The highest BCUT2D eigenvalue weighted by molar-refractivity contribution is 7.96. The molecule has 0 bridgehead atoms. The molecule has 0 aromatic heterocycles. The van der Waals surface area contributed by atoms with Gasteiger partial charge in [0.2, 0.25) is 0 Å². The monoisotopic (exact) mass is 285 g/mol. The molecule has 18 heavy (non-hydrogen) atoms. The summed E-state index contributed by atoms with van der Waals surface area (Å²) in [4.78, 5) is 10.9. The average Bonchev–Trinajstić information content (AvgIpc) is 2.85. The first-order chi connectivity index (χ1) is 8.56. The minimum atomic E-state index is -3.93. The molecule has 0 aromatic carbocycles. The highest BCUT2D eigenvalue weighted by atomic mass is 32.2. The lowest BCUT2D eigenvalue weighted by Gasteiger charge is -2.14. The normalized spacial score (nSPS) is 17.1. The Hall–Kier alpha value is -0.440. The van der Waals surface area contributed by atoms with Gasteiger partial charge in [-0.1, -0.05) is 25.7 Å². The average molecular weight is 285 g/mol. The lowest BCUT2D eigenvalue weighted by atomic mass is 10.0. The number of carbonyl (C=O) groups excluding carboxylic acids is 1. The van der Waals surface area contributed by atoms with Crippen LogP contribution in [0.4, 0.5) is 8.78 Å². The van der Waals surface area contributed by atoms with Crippen molar-refractivity contribution in [2.75, 3.05) is 6.61 Å². The van der Waals surface area contributed by atoms with E-state index in [9.17, 15) is 18.8 Å². The van der Waals surface area contributed by atoms with E-state index in [4.69, 9.17) is 0 Å². The molecule has 0 unspecified atom stereocenters. The fourth-order valence-corrected chi connectivity index (χ4v) is 2.25. The molecule has 0 atom stereocenters. The van der Waals surface area contributed by atoms with Gasteiger partial charge in [0, 0.05) is 0 Å². The molecule has 1 fully saturated rings. The van der Waals surface area contributed by atoms with Crippen LogP contribution in [-0.4, -0.2) is 17.8 Å². The van der Waals surface area contributed by atoms with Crippen molar-refractivity contribution in [3.63, 3.8) is 0 Å².